The number of hydrogen-bond acceptors (Lipinski definition) is 9. The Balaban J connectivity index is 2.29. The highest BCUT2D eigenvalue weighted by molar-refractivity contribution is 7.99. The van der Waals surface area contributed by atoms with Crippen molar-refractivity contribution >= 4 is 29.0 Å². The fraction of sp³-hybridized carbons (Fsp3) is 0.286. The molecule has 0 unspecified atom stereocenters. The molecule has 2 rings (SSSR count). The molecule has 5 N–H and O–H groups in total. The summed E-state index contributed by atoms with van der Waals surface area (Å²) in [6.45, 7) is 2.92. The summed E-state index contributed by atoms with van der Waals surface area (Å²) >= 11 is 1.43. The van der Waals surface area contributed by atoms with E-state index in [-0.39, 0.29) is 12.3 Å². The maximum atomic E-state index is 8.22. The number of nitrogens with two attached hydrogens (primary N) is 1. The van der Waals surface area contributed by atoms with Gasteiger partial charge in [-0.1, -0.05) is 17.1 Å². The van der Waals surface area contributed by atoms with Gasteiger partial charge >= 0.3 is 0 Å². The second kappa shape index (κ2) is 8.30. The van der Waals surface area contributed by atoms with Crippen LogP contribution in [0.3, 0.4) is 0 Å². The molecule has 0 aliphatic rings. The maximum Gasteiger partial charge on any atom is 0.177 e. The van der Waals surface area contributed by atoms with Gasteiger partial charge in [0.05, 0.1) is 23.3 Å². The van der Waals surface area contributed by atoms with Crippen LogP contribution >= 0.6 is 11.9 Å². The van der Waals surface area contributed by atoms with Crippen LogP contribution in [0.15, 0.2) is 29.1 Å². The summed E-state index contributed by atoms with van der Waals surface area (Å²) in [7, 11) is 0. The molecule has 0 aliphatic heterocycles. The Labute approximate surface area is 138 Å². The van der Waals surface area contributed by atoms with Gasteiger partial charge in [0.2, 0.25) is 0 Å². The van der Waals surface area contributed by atoms with Gasteiger partial charge < -0.3 is 20.3 Å². The summed E-state index contributed by atoms with van der Waals surface area (Å²) in [5.74, 6) is 0.302. The lowest BCUT2D eigenvalue weighted by atomic mass is 10.2. The minimum Gasteiger partial charge on any atom is -0.383 e. The average molecular weight is 333 g/mol. The Kier molecular flexibility index (Phi) is 6.12. The molecule has 0 spiro atoms. The molecule has 0 aromatic carbocycles. The molecule has 0 amide bonds. The van der Waals surface area contributed by atoms with Gasteiger partial charge in [0.25, 0.3) is 0 Å². The van der Waals surface area contributed by atoms with E-state index in [1.165, 1.54) is 18.2 Å². The minimum absolute atomic E-state index is 0.161. The van der Waals surface area contributed by atoms with Crippen LogP contribution in [-0.4, -0.2) is 33.6 Å². The van der Waals surface area contributed by atoms with Crippen molar-refractivity contribution < 1.29 is 4.52 Å². The molecule has 122 valence electrons. The maximum absolute atomic E-state index is 8.22. The first-order valence-corrected chi connectivity index (χ1v) is 8.22. The summed E-state index contributed by atoms with van der Waals surface area (Å²) in [6, 6.07) is 1.72. The molecular formula is C14H19N7OS. The Morgan fingerprint density at radius 2 is 2.35 bits per heavy atom. The van der Waals surface area contributed by atoms with Crippen LogP contribution in [0.4, 0.5) is 5.69 Å². The average Bonchev–Trinajstić information content (AvgIpc) is 3.09. The number of aromatic nitrogens is 3. The molecule has 2 aromatic heterocycles. The zero-order valence-corrected chi connectivity index (χ0v) is 13.8. The van der Waals surface area contributed by atoms with Gasteiger partial charge in [0.15, 0.2) is 5.82 Å². The van der Waals surface area contributed by atoms with Crippen molar-refractivity contribution in [2.45, 2.75) is 13.5 Å². The fourth-order valence-electron chi connectivity index (χ4n) is 1.86. The minimum atomic E-state index is 0.161. The van der Waals surface area contributed by atoms with Gasteiger partial charge in [-0.2, -0.15) is 0 Å². The Hall–Kier alpha value is -2.39. The van der Waals surface area contributed by atoms with Gasteiger partial charge in [0.1, 0.15) is 17.7 Å². The van der Waals surface area contributed by atoms with Crippen LogP contribution in [0.2, 0.25) is 0 Å². The largest absolute Gasteiger partial charge is 0.383 e. The molecule has 8 nitrogen and oxygen atoms in total. The lowest BCUT2D eigenvalue weighted by Gasteiger charge is -2.09. The summed E-state index contributed by atoms with van der Waals surface area (Å²) < 4.78 is 7.92. The van der Waals surface area contributed by atoms with Crippen molar-refractivity contribution in [3.8, 4) is 0 Å². The second-order valence-corrected chi connectivity index (χ2v) is 5.06. The SMILES string of the molecule is CCN/C(=C\C(=N)c1ncc(NSC)c(CN)n1)c1ccon1. The highest BCUT2D eigenvalue weighted by Gasteiger charge is 2.11. The first-order valence-electron chi connectivity index (χ1n) is 6.99. The van der Waals surface area contributed by atoms with E-state index in [2.05, 4.69) is 25.2 Å². The Morgan fingerprint density at radius 3 is 2.96 bits per heavy atom. The number of hydrogen-bond donors (Lipinski definition) is 4. The number of anilines is 1. The molecule has 0 bridgehead atoms. The summed E-state index contributed by atoms with van der Waals surface area (Å²) in [5.41, 5.74) is 8.59. The van der Waals surface area contributed by atoms with E-state index in [0.29, 0.717) is 29.5 Å². The van der Waals surface area contributed by atoms with Crippen molar-refractivity contribution in [2.75, 3.05) is 17.5 Å². The summed E-state index contributed by atoms with van der Waals surface area (Å²) in [5, 5.41) is 15.2. The van der Waals surface area contributed by atoms with E-state index in [4.69, 9.17) is 15.7 Å². The number of allylic oxidation sites excluding steroid dienone is 1. The van der Waals surface area contributed by atoms with E-state index in [1.807, 2.05) is 13.2 Å². The van der Waals surface area contributed by atoms with Crippen LogP contribution in [0.25, 0.3) is 5.70 Å². The molecule has 0 saturated carbocycles. The first-order chi connectivity index (χ1) is 11.2. The third kappa shape index (κ3) is 4.30. The van der Waals surface area contributed by atoms with E-state index in [0.717, 1.165) is 5.69 Å². The van der Waals surface area contributed by atoms with Gasteiger partial charge in [-0.3, -0.25) is 5.41 Å². The molecule has 9 heteroatoms. The lowest BCUT2D eigenvalue weighted by molar-refractivity contribution is 0.417. The van der Waals surface area contributed by atoms with Crippen LogP contribution in [0.5, 0.6) is 0 Å². The zero-order chi connectivity index (χ0) is 16.7. The van der Waals surface area contributed by atoms with Crippen LogP contribution in [0, 0.1) is 5.41 Å². The van der Waals surface area contributed by atoms with E-state index in [1.54, 1.807) is 18.3 Å². The van der Waals surface area contributed by atoms with Crippen molar-refractivity contribution in [2.24, 2.45) is 5.73 Å². The molecular weight excluding hydrogens is 314 g/mol. The third-order valence-corrected chi connectivity index (χ3v) is 3.31. The quantitative estimate of drug-likeness (QED) is 0.424. The number of rotatable bonds is 8. The lowest BCUT2D eigenvalue weighted by Crippen LogP contribution is -2.15. The topological polar surface area (TPSA) is 126 Å². The van der Waals surface area contributed by atoms with Crippen molar-refractivity contribution in [3.63, 3.8) is 0 Å². The van der Waals surface area contributed by atoms with Crippen molar-refractivity contribution in [1.82, 2.24) is 20.4 Å². The van der Waals surface area contributed by atoms with Gasteiger partial charge in [-0.25, -0.2) is 9.97 Å². The fourth-order valence-corrected chi connectivity index (χ4v) is 2.25. The van der Waals surface area contributed by atoms with Crippen molar-refractivity contribution in [1.29, 1.82) is 5.41 Å². The van der Waals surface area contributed by atoms with E-state index >= 15 is 0 Å². The molecule has 23 heavy (non-hydrogen) atoms. The van der Waals surface area contributed by atoms with Crippen molar-refractivity contribution in [3.05, 3.63) is 41.8 Å². The third-order valence-electron chi connectivity index (χ3n) is 2.88. The number of nitrogens with zero attached hydrogens (tertiary/aromatic N) is 3. The van der Waals surface area contributed by atoms with Crippen LogP contribution < -0.4 is 15.8 Å². The zero-order valence-electron chi connectivity index (χ0n) is 13.0. The standard InChI is InChI=1S/C14H19N7OS/c1-3-17-11(10-4-5-22-20-10)6-9(16)14-18-8-13(21-23-2)12(7-15)19-14/h4-6,8,16-17,21H,3,7,15H2,1-2H3/b11-6-,16-9?. The van der Waals surface area contributed by atoms with Crippen LogP contribution in [-0.2, 0) is 6.54 Å². The van der Waals surface area contributed by atoms with Crippen LogP contribution in [0.1, 0.15) is 24.1 Å². The predicted molar refractivity (Wildman–Crippen MR) is 92.0 cm³/mol. The molecule has 0 fully saturated rings. The van der Waals surface area contributed by atoms with Gasteiger partial charge in [0, 0.05) is 25.4 Å². The molecule has 2 aromatic rings. The Bertz CT molecular complexity index is 684. The normalized spacial score (nSPS) is 11.3. The molecule has 2 heterocycles. The molecule has 0 saturated heterocycles. The predicted octanol–water partition coefficient (Wildman–Crippen LogP) is 1.63. The summed E-state index contributed by atoms with van der Waals surface area (Å²) in [4.78, 5) is 8.57. The first kappa shape index (κ1) is 17.0. The van der Waals surface area contributed by atoms with Gasteiger partial charge in [-0.05, 0) is 13.0 Å². The number of nitrogens with one attached hydrogen (secondary N) is 3. The molecule has 0 aliphatic carbocycles. The highest BCUT2D eigenvalue weighted by Crippen LogP contribution is 2.16. The van der Waals surface area contributed by atoms with E-state index < -0.39 is 0 Å². The molecule has 0 radical (unpaired) electrons. The monoisotopic (exact) mass is 333 g/mol. The second-order valence-electron chi connectivity index (χ2n) is 4.45. The highest BCUT2D eigenvalue weighted by atomic mass is 32.2. The molecule has 0 atom stereocenters. The van der Waals surface area contributed by atoms with E-state index in [9.17, 15) is 0 Å². The smallest absolute Gasteiger partial charge is 0.177 e. The van der Waals surface area contributed by atoms with Gasteiger partial charge in [-0.15, -0.1) is 0 Å². The summed E-state index contributed by atoms with van der Waals surface area (Å²) in [6.07, 6.45) is 6.64. The Morgan fingerprint density at radius 1 is 1.52 bits per heavy atom.